The molecule has 0 unspecified atom stereocenters. The number of hydrogen-bond donors (Lipinski definition) is 1. The number of aromatic hydroxyl groups is 1. The monoisotopic (exact) mass is 214 g/mol. The fraction of sp³-hybridized carbons (Fsp3) is 0.400. The van der Waals surface area contributed by atoms with Crippen molar-refractivity contribution in [1.29, 1.82) is 0 Å². The van der Waals surface area contributed by atoms with E-state index in [1.54, 1.807) is 23.9 Å². The Morgan fingerprint density at radius 2 is 2.15 bits per heavy atom. The zero-order valence-corrected chi connectivity index (χ0v) is 9.33. The molecule has 0 heterocycles. The van der Waals surface area contributed by atoms with E-state index >= 15 is 0 Å². The zero-order valence-electron chi connectivity index (χ0n) is 7.69. The highest BCUT2D eigenvalue weighted by molar-refractivity contribution is 8.02. The minimum absolute atomic E-state index is 0.355. The summed E-state index contributed by atoms with van der Waals surface area (Å²) in [7, 11) is 0. The molecule has 0 bridgehead atoms. The Morgan fingerprint density at radius 1 is 1.31 bits per heavy atom. The fourth-order valence-corrected chi connectivity index (χ4v) is 2.64. The van der Waals surface area contributed by atoms with E-state index in [1.807, 2.05) is 23.9 Å². The van der Waals surface area contributed by atoms with Gasteiger partial charge in [0.2, 0.25) is 0 Å². The molecular formula is C10H14OS2. The van der Waals surface area contributed by atoms with Gasteiger partial charge in [0.05, 0.1) is 0 Å². The number of benzene rings is 1. The predicted octanol–water partition coefficient (Wildman–Crippen LogP) is 3.24. The maximum Gasteiger partial charge on any atom is 0.116 e. The number of phenolic OH excluding ortho intramolecular Hbond substituents is 1. The SMILES string of the molecule is CCSCCSc1cccc(O)c1. The minimum Gasteiger partial charge on any atom is -0.508 e. The molecule has 0 spiro atoms. The standard InChI is InChI=1S/C10H14OS2/c1-2-12-6-7-13-10-5-3-4-9(11)8-10/h3-5,8,11H,2,6-7H2,1H3. The largest absolute Gasteiger partial charge is 0.508 e. The molecule has 0 aliphatic rings. The number of hydrogen-bond acceptors (Lipinski definition) is 3. The van der Waals surface area contributed by atoms with Gasteiger partial charge in [0, 0.05) is 16.4 Å². The van der Waals surface area contributed by atoms with Crippen LogP contribution in [0.3, 0.4) is 0 Å². The average molecular weight is 214 g/mol. The van der Waals surface area contributed by atoms with Gasteiger partial charge in [-0.1, -0.05) is 13.0 Å². The van der Waals surface area contributed by atoms with Gasteiger partial charge in [0.1, 0.15) is 5.75 Å². The van der Waals surface area contributed by atoms with E-state index in [1.165, 1.54) is 11.5 Å². The van der Waals surface area contributed by atoms with E-state index in [9.17, 15) is 5.11 Å². The van der Waals surface area contributed by atoms with Crippen LogP contribution in [0.5, 0.6) is 5.75 Å². The molecule has 0 radical (unpaired) electrons. The van der Waals surface area contributed by atoms with Crippen LogP contribution >= 0.6 is 23.5 Å². The Morgan fingerprint density at radius 3 is 2.85 bits per heavy atom. The maximum atomic E-state index is 9.20. The molecule has 0 fully saturated rings. The highest BCUT2D eigenvalue weighted by Crippen LogP contribution is 2.22. The normalized spacial score (nSPS) is 10.2. The van der Waals surface area contributed by atoms with Crippen LogP contribution < -0.4 is 0 Å². The molecule has 1 N–H and O–H groups in total. The first-order chi connectivity index (χ1) is 6.33. The fourth-order valence-electron chi connectivity index (χ4n) is 0.936. The number of phenols is 1. The summed E-state index contributed by atoms with van der Waals surface area (Å²) in [6.45, 7) is 2.17. The quantitative estimate of drug-likeness (QED) is 0.600. The lowest BCUT2D eigenvalue weighted by Gasteiger charge is -2.00. The molecule has 0 atom stereocenters. The van der Waals surface area contributed by atoms with Crippen molar-refractivity contribution in [1.82, 2.24) is 0 Å². The van der Waals surface area contributed by atoms with Crippen LogP contribution in [-0.2, 0) is 0 Å². The minimum atomic E-state index is 0.355. The Kier molecular flexibility index (Phi) is 5.16. The highest BCUT2D eigenvalue weighted by atomic mass is 32.2. The smallest absolute Gasteiger partial charge is 0.116 e. The molecule has 1 nitrogen and oxygen atoms in total. The van der Waals surface area contributed by atoms with Gasteiger partial charge in [-0.25, -0.2) is 0 Å². The van der Waals surface area contributed by atoms with E-state index < -0.39 is 0 Å². The van der Waals surface area contributed by atoms with Crippen LogP contribution in [0.15, 0.2) is 29.2 Å². The summed E-state index contributed by atoms with van der Waals surface area (Å²) < 4.78 is 0. The molecule has 0 aliphatic carbocycles. The topological polar surface area (TPSA) is 20.2 Å². The summed E-state index contributed by atoms with van der Waals surface area (Å²) in [6.07, 6.45) is 0. The number of thioether (sulfide) groups is 2. The predicted molar refractivity (Wildman–Crippen MR) is 61.8 cm³/mol. The third kappa shape index (κ3) is 4.48. The van der Waals surface area contributed by atoms with E-state index in [-0.39, 0.29) is 0 Å². The summed E-state index contributed by atoms with van der Waals surface area (Å²) in [4.78, 5) is 1.15. The van der Waals surface area contributed by atoms with Crippen molar-refractivity contribution in [2.45, 2.75) is 11.8 Å². The van der Waals surface area contributed by atoms with Crippen molar-refractivity contribution in [3.8, 4) is 5.75 Å². The first-order valence-electron chi connectivity index (χ1n) is 4.32. The molecule has 0 aromatic heterocycles. The lowest BCUT2D eigenvalue weighted by Crippen LogP contribution is -1.83. The zero-order chi connectivity index (χ0) is 9.52. The van der Waals surface area contributed by atoms with E-state index in [0.29, 0.717) is 5.75 Å². The molecule has 72 valence electrons. The molecule has 0 saturated heterocycles. The van der Waals surface area contributed by atoms with Gasteiger partial charge in [-0.15, -0.1) is 11.8 Å². The maximum absolute atomic E-state index is 9.20. The average Bonchev–Trinajstić information content (AvgIpc) is 2.13. The summed E-state index contributed by atoms with van der Waals surface area (Å²) >= 11 is 3.74. The van der Waals surface area contributed by atoms with Crippen LogP contribution in [0.25, 0.3) is 0 Å². The molecule has 3 heteroatoms. The molecular weight excluding hydrogens is 200 g/mol. The Balaban J connectivity index is 2.28. The first kappa shape index (κ1) is 10.8. The van der Waals surface area contributed by atoms with Gasteiger partial charge in [-0.05, 0) is 24.0 Å². The second-order valence-corrected chi connectivity index (χ2v) is 5.10. The number of rotatable bonds is 5. The summed E-state index contributed by atoms with van der Waals surface area (Å²) in [6, 6.07) is 7.41. The molecule has 0 saturated carbocycles. The van der Waals surface area contributed by atoms with Gasteiger partial charge in [0.25, 0.3) is 0 Å². The van der Waals surface area contributed by atoms with Crippen molar-refractivity contribution < 1.29 is 5.11 Å². The van der Waals surface area contributed by atoms with Crippen LogP contribution in [-0.4, -0.2) is 22.4 Å². The third-order valence-electron chi connectivity index (χ3n) is 1.52. The van der Waals surface area contributed by atoms with Crippen molar-refractivity contribution >= 4 is 23.5 Å². The van der Waals surface area contributed by atoms with Crippen molar-refractivity contribution in [2.75, 3.05) is 17.3 Å². The van der Waals surface area contributed by atoms with Crippen LogP contribution in [0, 0.1) is 0 Å². The second-order valence-electron chi connectivity index (χ2n) is 2.54. The van der Waals surface area contributed by atoms with Crippen molar-refractivity contribution in [2.24, 2.45) is 0 Å². The molecule has 0 amide bonds. The second kappa shape index (κ2) is 6.22. The van der Waals surface area contributed by atoms with Gasteiger partial charge in [-0.3, -0.25) is 0 Å². The molecule has 1 aromatic rings. The van der Waals surface area contributed by atoms with Crippen LogP contribution in [0.2, 0.25) is 0 Å². The third-order valence-corrected chi connectivity index (χ3v) is 3.67. The first-order valence-corrected chi connectivity index (χ1v) is 6.46. The van der Waals surface area contributed by atoms with E-state index in [2.05, 4.69) is 6.92 Å². The Bertz CT molecular complexity index is 250. The molecule has 1 aromatic carbocycles. The van der Waals surface area contributed by atoms with E-state index in [4.69, 9.17) is 0 Å². The molecule has 1 rings (SSSR count). The van der Waals surface area contributed by atoms with Gasteiger partial charge < -0.3 is 5.11 Å². The summed E-state index contributed by atoms with van der Waals surface area (Å²) in [5, 5.41) is 9.20. The Hall–Kier alpha value is -0.280. The Labute approximate surface area is 87.9 Å². The van der Waals surface area contributed by atoms with Gasteiger partial charge in [-0.2, -0.15) is 11.8 Å². The summed E-state index contributed by atoms with van der Waals surface area (Å²) in [5.74, 6) is 3.83. The molecule has 13 heavy (non-hydrogen) atoms. The summed E-state index contributed by atoms with van der Waals surface area (Å²) in [5.41, 5.74) is 0. The van der Waals surface area contributed by atoms with Crippen molar-refractivity contribution in [3.05, 3.63) is 24.3 Å². The lowest BCUT2D eigenvalue weighted by molar-refractivity contribution is 0.474. The highest BCUT2D eigenvalue weighted by Gasteiger charge is 1.94. The van der Waals surface area contributed by atoms with Crippen LogP contribution in [0.4, 0.5) is 0 Å². The van der Waals surface area contributed by atoms with Gasteiger partial charge >= 0.3 is 0 Å². The van der Waals surface area contributed by atoms with Gasteiger partial charge in [0.15, 0.2) is 0 Å². The van der Waals surface area contributed by atoms with E-state index in [0.717, 1.165) is 10.6 Å². The van der Waals surface area contributed by atoms with Crippen molar-refractivity contribution in [3.63, 3.8) is 0 Å². The van der Waals surface area contributed by atoms with Crippen LogP contribution in [0.1, 0.15) is 6.92 Å². The molecule has 0 aliphatic heterocycles. The lowest BCUT2D eigenvalue weighted by atomic mass is 10.3.